The van der Waals surface area contributed by atoms with E-state index in [2.05, 4.69) is 41.9 Å². The average molecular weight is 572 g/mol. The van der Waals surface area contributed by atoms with Crippen LogP contribution in [-0.4, -0.2) is 34.6 Å². The highest BCUT2D eigenvalue weighted by molar-refractivity contribution is 9.10. The molecule has 0 bridgehead atoms. The van der Waals surface area contributed by atoms with Crippen molar-refractivity contribution in [3.8, 4) is 5.75 Å². The van der Waals surface area contributed by atoms with Crippen LogP contribution in [0, 0.1) is 6.92 Å². The minimum Gasteiger partial charge on any atom is -0.480 e. The molecule has 0 spiro atoms. The Morgan fingerprint density at radius 2 is 2.03 bits per heavy atom. The Morgan fingerprint density at radius 3 is 2.74 bits per heavy atom. The monoisotopic (exact) mass is 569 g/mol. The van der Waals surface area contributed by atoms with Gasteiger partial charge in [-0.15, -0.1) is 0 Å². The maximum Gasteiger partial charge on any atom is 0.344 e. The predicted octanol–water partition coefficient (Wildman–Crippen LogP) is 5.10. The minimum atomic E-state index is -0.504. The topological polar surface area (TPSA) is 82.8 Å². The van der Waals surface area contributed by atoms with Gasteiger partial charge in [-0.2, -0.15) is 9.78 Å². The van der Waals surface area contributed by atoms with Crippen molar-refractivity contribution in [1.82, 2.24) is 9.66 Å². The summed E-state index contributed by atoms with van der Waals surface area (Å²) in [5.74, 6) is 0.257. The van der Waals surface area contributed by atoms with Crippen LogP contribution in [0.15, 0.2) is 49.2 Å². The summed E-state index contributed by atoms with van der Waals surface area (Å²) in [6.07, 6.45) is 1.18. The highest BCUT2D eigenvalue weighted by Crippen LogP contribution is 2.32. The molecule has 0 atom stereocenters. The summed E-state index contributed by atoms with van der Waals surface area (Å²) in [6.45, 7) is 4.91. The van der Waals surface area contributed by atoms with E-state index in [1.165, 1.54) is 10.9 Å². The molecule has 7 nitrogen and oxygen atoms in total. The Hall–Kier alpha value is -2.23. The Labute approximate surface area is 200 Å². The molecule has 1 heterocycles. The zero-order chi connectivity index (χ0) is 22.7. The van der Waals surface area contributed by atoms with E-state index in [0.29, 0.717) is 37.5 Å². The van der Waals surface area contributed by atoms with Crippen LogP contribution in [0.4, 0.5) is 0 Å². The summed E-state index contributed by atoms with van der Waals surface area (Å²) < 4.78 is 13.2. The van der Waals surface area contributed by atoms with E-state index in [0.717, 1.165) is 4.47 Å². The molecule has 2 aromatic carbocycles. The zero-order valence-electron chi connectivity index (χ0n) is 16.9. The van der Waals surface area contributed by atoms with E-state index in [9.17, 15) is 9.59 Å². The van der Waals surface area contributed by atoms with Crippen molar-refractivity contribution in [2.75, 3.05) is 6.61 Å². The summed E-state index contributed by atoms with van der Waals surface area (Å²) >= 11 is 12.9. The number of esters is 1. The minimum absolute atomic E-state index is 0.249. The molecule has 0 unspecified atom stereocenters. The second kappa shape index (κ2) is 9.93. The van der Waals surface area contributed by atoms with Crippen molar-refractivity contribution in [3.63, 3.8) is 0 Å². The van der Waals surface area contributed by atoms with Gasteiger partial charge in [-0.25, -0.2) is 9.78 Å². The molecule has 0 radical (unpaired) electrons. The maximum atomic E-state index is 12.9. The highest BCUT2D eigenvalue weighted by atomic mass is 79.9. The molecule has 0 amide bonds. The fourth-order valence-electron chi connectivity index (χ4n) is 2.77. The van der Waals surface area contributed by atoms with Gasteiger partial charge < -0.3 is 9.47 Å². The van der Waals surface area contributed by atoms with Crippen LogP contribution >= 0.6 is 43.5 Å². The molecule has 0 N–H and O–H groups in total. The molecule has 0 aliphatic carbocycles. The summed E-state index contributed by atoms with van der Waals surface area (Å²) in [5.41, 5.74) is 0.733. The van der Waals surface area contributed by atoms with Gasteiger partial charge in [0.2, 0.25) is 0 Å². The first kappa shape index (κ1) is 23.4. The number of benzene rings is 2. The third-order valence-corrected chi connectivity index (χ3v) is 5.32. The first-order valence-electron chi connectivity index (χ1n) is 9.20. The third-order valence-electron chi connectivity index (χ3n) is 4.02. The number of carbonyl (C=O) groups is 1. The van der Waals surface area contributed by atoms with Gasteiger partial charge in [-0.05, 0) is 67.0 Å². The highest BCUT2D eigenvalue weighted by Gasteiger charge is 2.14. The summed E-state index contributed by atoms with van der Waals surface area (Å²) in [5, 5.41) is 5.15. The number of hydrogen-bond donors (Lipinski definition) is 0. The molecule has 3 aromatic rings. The largest absolute Gasteiger partial charge is 0.480 e. The SMILES string of the molecule is Cc1nc2ccc(Br)cc2c(=O)n1N=Cc1cc(Cl)cc(Br)c1OCC(=O)OC(C)C. The van der Waals surface area contributed by atoms with Gasteiger partial charge in [0.15, 0.2) is 6.61 Å². The van der Waals surface area contributed by atoms with E-state index in [-0.39, 0.29) is 18.3 Å². The molecule has 3 rings (SSSR count). The van der Waals surface area contributed by atoms with Crippen LogP contribution < -0.4 is 10.3 Å². The van der Waals surface area contributed by atoms with Crippen LogP contribution in [0.5, 0.6) is 5.75 Å². The van der Waals surface area contributed by atoms with Gasteiger partial charge >= 0.3 is 5.97 Å². The number of aryl methyl sites for hydroxylation is 1. The number of hydrogen-bond acceptors (Lipinski definition) is 6. The van der Waals surface area contributed by atoms with E-state index in [1.807, 2.05) is 6.07 Å². The van der Waals surface area contributed by atoms with Crippen LogP contribution in [0.3, 0.4) is 0 Å². The van der Waals surface area contributed by atoms with Crippen LogP contribution in [0.25, 0.3) is 10.9 Å². The number of nitrogens with zero attached hydrogens (tertiary/aromatic N) is 3. The van der Waals surface area contributed by atoms with Crippen molar-refractivity contribution >= 4 is 66.5 Å². The van der Waals surface area contributed by atoms with Gasteiger partial charge in [-0.1, -0.05) is 27.5 Å². The van der Waals surface area contributed by atoms with Gasteiger partial charge in [0, 0.05) is 15.1 Å². The van der Waals surface area contributed by atoms with Gasteiger partial charge in [0.1, 0.15) is 11.6 Å². The lowest BCUT2D eigenvalue weighted by molar-refractivity contribution is -0.149. The number of carbonyl (C=O) groups excluding carboxylic acids is 1. The maximum absolute atomic E-state index is 12.9. The Bertz CT molecular complexity index is 1240. The summed E-state index contributed by atoms with van der Waals surface area (Å²) in [4.78, 5) is 29.2. The second-order valence-corrected chi connectivity index (χ2v) is 9.02. The van der Waals surface area contributed by atoms with E-state index in [4.69, 9.17) is 21.1 Å². The number of rotatable bonds is 6. The molecule has 0 saturated carbocycles. The molecule has 162 valence electrons. The number of fused-ring (bicyclic) bond motifs is 1. The van der Waals surface area contributed by atoms with Gasteiger partial charge in [-0.3, -0.25) is 4.79 Å². The van der Waals surface area contributed by atoms with Gasteiger partial charge in [0.05, 0.1) is 27.7 Å². The third kappa shape index (κ3) is 5.72. The Balaban J connectivity index is 1.99. The number of ether oxygens (including phenoxy) is 2. The lowest BCUT2D eigenvalue weighted by atomic mass is 10.2. The van der Waals surface area contributed by atoms with Crippen molar-refractivity contribution < 1.29 is 14.3 Å². The van der Waals surface area contributed by atoms with Crippen molar-refractivity contribution in [2.45, 2.75) is 26.9 Å². The molecule has 0 aliphatic rings. The first-order valence-corrected chi connectivity index (χ1v) is 11.2. The average Bonchev–Trinajstić information content (AvgIpc) is 2.67. The molecular weight excluding hydrogens is 554 g/mol. The molecule has 31 heavy (non-hydrogen) atoms. The lowest BCUT2D eigenvalue weighted by Crippen LogP contribution is -2.21. The fourth-order valence-corrected chi connectivity index (χ4v) is 4.08. The van der Waals surface area contributed by atoms with Crippen molar-refractivity contribution in [2.24, 2.45) is 5.10 Å². The van der Waals surface area contributed by atoms with E-state index < -0.39 is 5.97 Å². The quantitative estimate of drug-likeness (QED) is 0.304. The number of halogens is 3. The molecule has 10 heteroatoms. The molecule has 0 fully saturated rings. The summed E-state index contributed by atoms with van der Waals surface area (Å²) in [7, 11) is 0. The second-order valence-electron chi connectivity index (χ2n) is 6.82. The standard InChI is InChI=1S/C21H18Br2ClN3O4/c1-11(2)31-19(28)10-30-20-13(6-15(24)8-17(20)23)9-25-27-12(3)26-18-5-4-14(22)7-16(18)21(27)29/h4-9,11H,10H2,1-3H3. The van der Waals surface area contributed by atoms with Gasteiger partial charge in [0.25, 0.3) is 5.56 Å². The van der Waals surface area contributed by atoms with Crippen LogP contribution in [0.1, 0.15) is 25.2 Å². The smallest absolute Gasteiger partial charge is 0.344 e. The summed E-state index contributed by atoms with van der Waals surface area (Å²) in [6, 6.07) is 8.53. The normalized spacial score (nSPS) is 11.5. The molecular formula is C21H18Br2ClN3O4. The van der Waals surface area contributed by atoms with Crippen molar-refractivity contribution in [3.05, 3.63) is 66.0 Å². The van der Waals surface area contributed by atoms with Crippen molar-refractivity contribution in [1.29, 1.82) is 0 Å². The molecule has 0 saturated heterocycles. The zero-order valence-corrected chi connectivity index (χ0v) is 20.8. The Morgan fingerprint density at radius 1 is 1.29 bits per heavy atom. The molecule has 0 aliphatic heterocycles. The fraction of sp³-hybridized carbons (Fsp3) is 0.238. The van der Waals surface area contributed by atoms with E-state index in [1.54, 1.807) is 45.0 Å². The lowest BCUT2D eigenvalue weighted by Gasteiger charge is -2.13. The Kier molecular flexibility index (Phi) is 7.51. The predicted molar refractivity (Wildman–Crippen MR) is 127 cm³/mol. The molecule has 1 aromatic heterocycles. The van der Waals surface area contributed by atoms with Crippen LogP contribution in [0.2, 0.25) is 5.02 Å². The van der Waals surface area contributed by atoms with E-state index >= 15 is 0 Å². The first-order chi connectivity index (χ1) is 14.7. The number of aromatic nitrogens is 2. The van der Waals surface area contributed by atoms with Crippen LogP contribution in [-0.2, 0) is 9.53 Å².